The number of amides is 1. The monoisotopic (exact) mass is 350 g/mol. The van der Waals surface area contributed by atoms with Gasteiger partial charge in [-0.25, -0.2) is 4.39 Å². The van der Waals surface area contributed by atoms with E-state index in [4.69, 9.17) is 4.74 Å². The normalized spacial score (nSPS) is 10.3. The molecule has 0 saturated heterocycles. The summed E-state index contributed by atoms with van der Waals surface area (Å²) in [5.41, 5.74) is 2.32. The summed E-state index contributed by atoms with van der Waals surface area (Å²) >= 11 is 0. The lowest BCUT2D eigenvalue weighted by Gasteiger charge is -2.09. The molecular formula is C21H19FN2O2. The summed E-state index contributed by atoms with van der Waals surface area (Å²) in [5, 5.41) is 2.88. The van der Waals surface area contributed by atoms with Gasteiger partial charge in [0.05, 0.1) is 0 Å². The van der Waals surface area contributed by atoms with E-state index < -0.39 is 0 Å². The third-order valence-electron chi connectivity index (χ3n) is 3.81. The van der Waals surface area contributed by atoms with Crippen molar-refractivity contribution in [3.8, 4) is 5.75 Å². The summed E-state index contributed by atoms with van der Waals surface area (Å²) < 4.78 is 18.6. The highest BCUT2D eigenvalue weighted by Crippen LogP contribution is 2.15. The van der Waals surface area contributed by atoms with Gasteiger partial charge in [-0.3, -0.25) is 9.78 Å². The first-order chi connectivity index (χ1) is 12.7. The molecule has 1 N–H and O–H groups in total. The Morgan fingerprint density at radius 3 is 2.65 bits per heavy atom. The van der Waals surface area contributed by atoms with E-state index in [-0.39, 0.29) is 11.7 Å². The number of carbonyl (C=O) groups excluding carboxylic acids is 1. The second kappa shape index (κ2) is 8.76. The Labute approximate surface area is 151 Å². The second-order valence-electron chi connectivity index (χ2n) is 5.77. The molecule has 1 amide bonds. The number of nitrogens with one attached hydrogen (secondary N) is 1. The molecule has 132 valence electrons. The number of carbonyl (C=O) groups is 1. The molecule has 4 nitrogen and oxygen atoms in total. The molecule has 1 aromatic heterocycles. The molecule has 2 aromatic carbocycles. The lowest BCUT2D eigenvalue weighted by Crippen LogP contribution is -2.25. The molecule has 0 radical (unpaired) electrons. The molecule has 26 heavy (non-hydrogen) atoms. The molecule has 5 heteroatoms. The fraction of sp³-hybridized carbons (Fsp3) is 0.143. The largest absolute Gasteiger partial charge is 0.489 e. The van der Waals surface area contributed by atoms with Crippen LogP contribution in [-0.2, 0) is 13.0 Å². The fourth-order valence-corrected chi connectivity index (χ4v) is 2.43. The van der Waals surface area contributed by atoms with Gasteiger partial charge >= 0.3 is 0 Å². The molecule has 0 spiro atoms. The van der Waals surface area contributed by atoms with Crippen molar-refractivity contribution in [3.63, 3.8) is 0 Å². The number of hydrogen-bond donors (Lipinski definition) is 1. The Bertz CT molecular complexity index is 851. The standard InChI is InChI=1S/C21H19FN2O2/c22-18-9-7-16(8-10-18)15-26-20-6-3-4-17(14-20)21(25)24-13-11-19-5-1-2-12-23-19/h1-10,12,14H,11,13,15H2,(H,24,25). The second-order valence-corrected chi connectivity index (χ2v) is 5.77. The lowest BCUT2D eigenvalue weighted by atomic mass is 10.2. The maximum Gasteiger partial charge on any atom is 0.251 e. The first-order valence-corrected chi connectivity index (χ1v) is 8.36. The first-order valence-electron chi connectivity index (χ1n) is 8.36. The highest BCUT2D eigenvalue weighted by atomic mass is 19.1. The summed E-state index contributed by atoms with van der Waals surface area (Å²) in [7, 11) is 0. The van der Waals surface area contributed by atoms with Crippen LogP contribution in [0.3, 0.4) is 0 Å². The van der Waals surface area contributed by atoms with Crippen molar-refractivity contribution in [1.29, 1.82) is 0 Å². The van der Waals surface area contributed by atoms with Crippen molar-refractivity contribution >= 4 is 5.91 Å². The Kier molecular flexibility index (Phi) is 5.93. The molecule has 0 atom stereocenters. The number of aromatic nitrogens is 1. The van der Waals surface area contributed by atoms with Gasteiger partial charge in [-0.2, -0.15) is 0 Å². The van der Waals surface area contributed by atoms with Crippen molar-refractivity contribution in [2.75, 3.05) is 6.54 Å². The van der Waals surface area contributed by atoms with Gasteiger partial charge in [0.25, 0.3) is 5.91 Å². The van der Waals surface area contributed by atoms with Crippen LogP contribution in [0.2, 0.25) is 0 Å². The zero-order valence-electron chi connectivity index (χ0n) is 14.2. The number of rotatable bonds is 7. The van der Waals surface area contributed by atoms with Gasteiger partial charge in [0.1, 0.15) is 18.2 Å². The average molecular weight is 350 g/mol. The molecule has 0 saturated carbocycles. The molecular weight excluding hydrogens is 331 g/mol. The van der Waals surface area contributed by atoms with Crippen LogP contribution in [0.1, 0.15) is 21.6 Å². The number of hydrogen-bond acceptors (Lipinski definition) is 3. The maximum atomic E-state index is 12.9. The minimum atomic E-state index is -0.280. The van der Waals surface area contributed by atoms with Crippen molar-refractivity contribution in [1.82, 2.24) is 10.3 Å². The van der Waals surface area contributed by atoms with E-state index >= 15 is 0 Å². The molecule has 0 aliphatic heterocycles. The number of benzene rings is 2. The van der Waals surface area contributed by atoms with Gasteiger partial charge < -0.3 is 10.1 Å². The van der Waals surface area contributed by atoms with Crippen LogP contribution in [0.4, 0.5) is 4.39 Å². The Morgan fingerprint density at radius 1 is 1.04 bits per heavy atom. The minimum absolute atomic E-state index is 0.159. The van der Waals surface area contributed by atoms with Crippen LogP contribution in [0.15, 0.2) is 72.9 Å². The quantitative estimate of drug-likeness (QED) is 0.706. The molecule has 0 unspecified atom stereocenters. The summed E-state index contributed by atoms with van der Waals surface area (Å²) in [5.74, 6) is 0.151. The number of halogens is 1. The zero-order valence-corrected chi connectivity index (χ0v) is 14.2. The fourth-order valence-electron chi connectivity index (χ4n) is 2.43. The third-order valence-corrected chi connectivity index (χ3v) is 3.81. The molecule has 0 aliphatic carbocycles. The van der Waals surface area contributed by atoms with Gasteiger partial charge in [0.15, 0.2) is 0 Å². The van der Waals surface area contributed by atoms with Crippen LogP contribution in [0.25, 0.3) is 0 Å². The SMILES string of the molecule is O=C(NCCc1ccccn1)c1cccc(OCc2ccc(F)cc2)c1. The smallest absolute Gasteiger partial charge is 0.251 e. The molecule has 1 heterocycles. The van der Waals surface area contributed by atoms with Gasteiger partial charge in [-0.15, -0.1) is 0 Å². The predicted octanol–water partition coefficient (Wildman–Crippen LogP) is 3.77. The Hall–Kier alpha value is -3.21. The molecule has 0 aliphatic rings. The zero-order chi connectivity index (χ0) is 18.2. The summed E-state index contributed by atoms with van der Waals surface area (Å²) in [4.78, 5) is 16.5. The van der Waals surface area contributed by atoms with Crippen LogP contribution in [0.5, 0.6) is 5.75 Å². The Morgan fingerprint density at radius 2 is 1.88 bits per heavy atom. The van der Waals surface area contributed by atoms with E-state index in [0.29, 0.717) is 30.9 Å². The van der Waals surface area contributed by atoms with Crippen molar-refractivity contribution in [2.45, 2.75) is 13.0 Å². The van der Waals surface area contributed by atoms with E-state index in [1.54, 1.807) is 42.6 Å². The predicted molar refractivity (Wildman–Crippen MR) is 97.4 cm³/mol. The van der Waals surface area contributed by atoms with Crippen LogP contribution in [-0.4, -0.2) is 17.4 Å². The molecule has 3 rings (SSSR count). The van der Waals surface area contributed by atoms with Crippen molar-refractivity contribution in [2.24, 2.45) is 0 Å². The highest BCUT2D eigenvalue weighted by molar-refractivity contribution is 5.94. The van der Waals surface area contributed by atoms with Crippen molar-refractivity contribution in [3.05, 3.63) is 95.6 Å². The lowest BCUT2D eigenvalue weighted by molar-refractivity contribution is 0.0953. The van der Waals surface area contributed by atoms with E-state index in [1.165, 1.54) is 12.1 Å². The highest BCUT2D eigenvalue weighted by Gasteiger charge is 2.07. The van der Waals surface area contributed by atoms with Crippen LogP contribution >= 0.6 is 0 Å². The van der Waals surface area contributed by atoms with E-state index in [9.17, 15) is 9.18 Å². The van der Waals surface area contributed by atoms with E-state index in [1.807, 2.05) is 18.2 Å². The van der Waals surface area contributed by atoms with Crippen LogP contribution < -0.4 is 10.1 Å². The van der Waals surface area contributed by atoms with Gasteiger partial charge in [0.2, 0.25) is 0 Å². The average Bonchev–Trinajstić information content (AvgIpc) is 2.68. The molecule has 0 fully saturated rings. The number of nitrogens with zero attached hydrogens (tertiary/aromatic N) is 1. The third kappa shape index (κ3) is 5.14. The molecule has 3 aromatic rings. The van der Waals surface area contributed by atoms with Crippen LogP contribution in [0, 0.1) is 5.82 Å². The van der Waals surface area contributed by atoms with Gasteiger partial charge in [-0.1, -0.05) is 24.3 Å². The minimum Gasteiger partial charge on any atom is -0.489 e. The number of ether oxygens (including phenoxy) is 1. The van der Waals surface area contributed by atoms with E-state index in [0.717, 1.165) is 11.3 Å². The summed E-state index contributed by atoms with van der Waals surface area (Å²) in [6.45, 7) is 0.821. The van der Waals surface area contributed by atoms with Crippen molar-refractivity contribution < 1.29 is 13.9 Å². The molecule has 0 bridgehead atoms. The maximum absolute atomic E-state index is 12.9. The first kappa shape index (κ1) is 17.6. The van der Waals surface area contributed by atoms with E-state index in [2.05, 4.69) is 10.3 Å². The Balaban J connectivity index is 1.52. The topological polar surface area (TPSA) is 51.2 Å². The van der Waals surface area contributed by atoms with Gasteiger partial charge in [0, 0.05) is 30.4 Å². The summed E-state index contributed by atoms with van der Waals surface area (Å²) in [6.07, 6.45) is 2.41. The number of pyridine rings is 1. The summed E-state index contributed by atoms with van der Waals surface area (Å²) in [6, 6.07) is 18.8. The van der Waals surface area contributed by atoms with Gasteiger partial charge in [-0.05, 0) is 48.0 Å².